The summed E-state index contributed by atoms with van der Waals surface area (Å²) >= 11 is 5.81. The van der Waals surface area contributed by atoms with Gasteiger partial charge in [0.25, 0.3) is 0 Å². The van der Waals surface area contributed by atoms with Crippen molar-refractivity contribution >= 4 is 11.6 Å². The van der Waals surface area contributed by atoms with Gasteiger partial charge in [-0.15, -0.1) is 11.6 Å². The summed E-state index contributed by atoms with van der Waals surface area (Å²) < 4.78 is 0. The van der Waals surface area contributed by atoms with Crippen LogP contribution < -0.4 is 0 Å². The van der Waals surface area contributed by atoms with Gasteiger partial charge in [0, 0.05) is 0 Å². The quantitative estimate of drug-likeness (QED) is 0.398. The fourth-order valence-electron chi connectivity index (χ4n) is 0.243. The van der Waals surface area contributed by atoms with Crippen LogP contribution in [0.2, 0.25) is 0 Å². The van der Waals surface area contributed by atoms with Gasteiger partial charge in [-0.3, -0.25) is 0 Å². The van der Waals surface area contributed by atoms with Crippen molar-refractivity contribution in [1.82, 2.24) is 0 Å². The molecule has 0 rings (SSSR count). The lowest BCUT2D eigenvalue weighted by molar-refractivity contribution is 0.846. The standard InChI is InChI=1S/C7H11Cl/c1-5-6(2)7(3,4)8/h5H,1-2H2,3-4H3. The van der Waals surface area contributed by atoms with Crippen molar-refractivity contribution in [3.63, 3.8) is 0 Å². The topological polar surface area (TPSA) is 0 Å². The first-order valence-electron chi connectivity index (χ1n) is 2.49. The van der Waals surface area contributed by atoms with Crippen LogP contribution in [0.25, 0.3) is 0 Å². The van der Waals surface area contributed by atoms with Crippen LogP contribution in [0.15, 0.2) is 24.8 Å². The summed E-state index contributed by atoms with van der Waals surface area (Å²) in [5, 5.41) is 0. The van der Waals surface area contributed by atoms with Crippen LogP contribution in [0.1, 0.15) is 13.8 Å². The zero-order valence-corrected chi connectivity index (χ0v) is 6.13. The molecule has 0 aliphatic rings. The molecule has 0 radical (unpaired) electrons. The van der Waals surface area contributed by atoms with Gasteiger partial charge < -0.3 is 0 Å². The highest BCUT2D eigenvalue weighted by Gasteiger charge is 2.13. The number of alkyl halides is 1. The van der Waals surface area contributed by atoms with Crippen molar-refractivity contribution in [2.24, 2.45) is 0 Å². The molecule has 0 spiro atoms. The first-order chi connectivity index (χ1) is 3.48. The van der Waals surface area contributed by atoms with Crippen LogP contribution in [0.3, 0.4) is 0 Å². The Hall–Kier alpha value is -0.230. The second kappa shape index (κ2) is 2.36. The van der Waals surface area contributed by atoms with Gasteiger partial charge in [0.05, 0.1) is 4.87 Å². The zero-order valence-electron chi connectivity index (χ0n) is 5.37. The Labute approximate surface area is 55.9 Å². The highest BCUT2D eigenvalue weighted by Crippen LogP contribution is 2.21. The summed E-state index contributed by atoms with van der Waals surface area (Å²) in [7, 11) is 0. The lowest BCUT2D eigenvalue weighted by atomic mass is 10.1. The summed E-state index contributed by atoms with van der Waals surface area (Å²) in [5.41, 5.74) is 0.860. The van der Waals surface area contributed by atoms with E-state index in [1.165, 1.54) is 0 Å². The van der Waals surface area contributed by atoms with E-state index in [9.17, 15) is 0 Å². The van der Waals surface area contributed by atoms with Crippen molar-refractivity contribution in [3.05, 3.63) is 24.8 Å². The van der Waals surface area contributed by atoms with Crippen molar-refractivity contribution < 1.29 is 0 Å². The van der Waals surface area contributed by atoms with E-state index in [-0.39, 0.29) is 4.87 Å². The highest BCUT2D eigenvalue weighted by molar-refractivity contribution is 6.25. The molecule has 0 amide bonds. The van der Waals surface area contributed by atoms with Crippen molar-refractivity contribution in [2.45, 2.75) is 18.7 Å². The molecule has 0 saturated carbocycles. The maximum Gasteiger partial charge on any atom is 0.0632 e. The van der Waals surface area contributed by atoms with Crippen molar-refractivity contribution in [3.8, 4) is 0 Å². The van der Waals surface area contributed by atoms with Gasteiger partial charge in [-0.05, 0) is 19.4 Å². The van der Waals surface area contributed by atoms with Gasteiger partial charge in [0.1, 0.15) is 0 Å². The lowest BCUT2D eigenvalue weighted by Crippen LogP contribution is -2.10. The Kier molecular flexibility index (Phi) is 2.29. The maximum atomic E-state index is 5.81. The maximum absolute atomic E-state index is 5.81. The van der Waals surface area contributed by atoms with Gasteiger partial charge in [0.2, 0.25) is 0 Å². The summed E-state index contributed by atoms with van der Waals surface area (Å²) in [6.45, 7) is 11.0. The number of hydrogen-bond donors (Lipinski definition) is 0. The highest BCUT2D eigenvalue weighted by atomic mass is 35.5. The molecule has 8 heavy (non-hydrogen) atoms. The first kappa shape index (κ1) is 7.77. The monoisotopic (exact) mass is 130 g/mol. The van der Waals surface area contributed by atoms with Crippen LogP contribution in [0.5, 0.6) is 0 Å². The molecule has 0 atom stereocenters. The Bertz CT molecular complexity index is 106. The Morgan fingerprint density at radius 1 is 1.62 bits per heavy atom. The molecular weight excluding hydrogens is 120 g/mol. The van der Waals surface area contributed by atoms with Crippen LogP contribution in [0.4, 0.5) is 0 Å². The summed E-state index contributed by atoms with van der Waals surface area (Å²) in [4.78, 5) is -0.332. The van der Waals surface area contributed by atoms with Gasteiger partial charge in [-0.25, -0.2) is 0 Å². The smallest absolute Gasteiger partial charge is 0.0632 e. The third-order valence-corrected chi connectivity index (χ3v) is 1.25. The van der Waals surface area contributed by atoms with Crippen molar-refractivity contribution in [2.75, 3.05) is 0 Å². The SMILES string of the molecule is C=CC(=C)C(C)(C)Cl. The lowest BCUT2D eigenvalue weighted by Gasteiger charge is -2.14. The van der Waals surface area contributed by atoms with Gasteiger partial charge in [0.15, 0.2) is 0 Å². The molecular formula is C7H11Cl. The molecule has 0 fully saturated rings. The predicted molar refractivity (Wildman–Crippen MR) is 39.3 cm³/mol. The zero-order chi connectivity index (χ0) is 6.78. The molecule has 0 aromatic carbocycles. The number of rotatable bonds is 2. The average molecular weight is 131 g/mol. The number of allylic oxidation sites excluding steroid dienone is 2. The molecule has 0 aliphatic heterocycles. The van der Waals surface area contributed by atoms with E-state index in [2.05, 4.69) is 13.2 Å². The minimum absolute atomic E-state index is 0.332. The third-order valence-electron chi connectivity index (χ3n) is 1.01. The molecule has 0 heterocycles. The fraction of sp³-hybridized carbons (Fsp3) is 0.429. The Morgan fingerprint density at radius 3 is 2.00 bits per heavy atom. The molecule has 46 valence electrons. The number of hydrogen-bond acceptors (Lipinski definition) is 0. The molecule has 0 nitrogen and oxygen atoms in total. The molecule has 0 aromatic rings. The van der Waals surface area contributed by atoms with E-state index in [0.29, 0.717) is 0 Å². The minimum Gasteiger partial charge on any atom is -0.115 e. The third kappa shape index (κ3) is 2.17. The summed E-state index contributed by atoms with van der Waals surface area (Å²) in [6, 6.07) is 0. The van der Waals surface area contributed by atoms with E-state index in [1.54, 1.807) is 6.08 Å². The second-order valence-corrected chi connectivity index (χ2v) is 3.15. The van der Waals surface area contributed by atoms with Gasteiger partial charge in [-0.1, -0.05) is 19.2 Å². The van der Waals surface area contributed by atoms with Crippen LogP contribution in [-0.2, 0) is 0 Å². The van der Waals surface area contributed by atoms with E-state index in [0.717, 1.165) is 5.57 Å². The Morgan fingerprint density at radius 2 is 2.00 bits per heavy atom. The normalized spacial score (nSPS) is 10.9. The van der Waals surface area contributed by atoms with E-state index < -0.39 is 0 Å². The predicted octanol–water partition coefficient (Wildman–Crippen LogP) is 2.75. The average Bonchev–Trinajstić information content (AvgIpc) is 1.62. The molecule has 0 saturated heterocycles. The number of halogens is 1. The van der Waals surface area contributed by atoms with Crippen LogP contribution >= 0.6 is 11.6 Å². The molecule has 0 bridgehead atoms. The molecule has 0 aromatic heterocycles. The van der Waals surface area contributed by atoms with Gasteiger partial charge in [-0.2, -0.15) is 0 Å². The fourth-order valence-corrected chi connectivity index (χ4v) is 0.320. The van der Waals surface area contributed by atoms with Crippen molar-refractivity contribution in [1.29, 1.82) is 0 Å². The first-order valence-corrected chi connectivity index (χ1v) is 2.87. The minimum atomic E-state index is -0.332. The second-order valence-electron chi connectivity index (χ2n) is 2.20. The van der Waals surface area contributed by atoms with Gasteiger partial charge >= 0.3 is 0 Å². The summed E-state index contributed by atoms with van der Waals surface area (Å²) in [6.07, 6.45) is 1.67. The largest absolute Gasteiger partial charge is 0.115 e. The molecule has 0 N–H and O–H groups in total. The van der Waals surface area contributed by atoms with Crippen LogP contribution in [-0.4, -0.2) is 4.87 Å². The molecule has 1 heteroatoms. The Balaban J connectivity index is 4.02. The summed E-state index contributed by atoms with van der Waals surface area (Å²) in [5.74, 6) is 0. The van der Waals surface area contributed by atoms with E-state index in [1.807, 2.05) is 13.8 Å². The van der Waals surface area contributed by atoms with E-state index in [4.69, 9.17) is 11.6 Å². The molecule has 0 unspecified atom stereocenters. The van der Waals surface area contributed by atoms with Crippen LogP contribution in [0, 0.1) is 0 Å². The molecule has 0 aliphatic carbocycles. The van der Waals surface area contributed by atoms with E-state index >= 15 is 0 Å².